The summed E-state index contributed by atoms with van der Waals surface area (Å²) in [4.78, 5) is 31.1. The molecular formula is C25H35N3O2. The van der Waals surface area contributed by atoms with E-state index in [2.05, 4.69) is 29.4 Å². The van der Waals surface area contributed by atoms with Crippen LogP contribution < -0.4 is 5.32 Å². The minimum atomic E-state index is -0.472. The molecule has 4 bridgehead atoms. The molecule has 1 aromatic rings. The standard InChI is InChI=1S/C25H35N3O2/c1-17(26-24(30)25-13-18-10-19(14-25)12-20(11-18)15-25)23(29)28-9-8-27(2)16-22(28)21-6-4-3-5-7-21/h3-7,17-20,22H,8-16H2,1-2H3,(H,26,30)/t17-,18?,19?,20?,22+,25?/m0/s1. The molecule has 4 aliphatic carbocycles. The number of nitrogens with zero attached hydrogens (tertiary/aromatic N) is 2. The number of amides is 2. The summed E-state index contributed by atoms with van der Waals surface area (Å²) < 4.78 is 0. The van der Waals surface area contributed by atoms with Crippen LogP contribution in [0.3, 0.4) is 0 Å². The van der Waals surface area contributed by atoms with E-state index in [-0.39, 0.29) is 23.3 Å². The number of piperazine rings is 1. The Labute approximate surface area is 180 Å². The number of hydrogen-bond acceptors (Lipinski definition) is 3. The third kappa shape index (κ3) is 3.55. The zero-order valence-electron chi connectivity index (χ0n) is 18.3. The summed E-state index contributed by atoms with van der Waals surface area (Å²) >= 11 is 0. The van der Waals surface area contributed by atoms with Gasteiger partial charge in [0.15, 0.2) is 0 Å². The third-order valence-electron chi connectivity index (χ3n) is 8.29. The summed E-state index contributed by atoms with van der Waals surface area (Å²) in [6, 6.07) is 9.84. The van der Waals surface area contributed by atoms with Crippen LogP contribution in [-0.2, 0) is 9.59 Å². The van der Waals surface area contributed by atoms with Crippen molar-refractivity contribution in [1.29, 1.82) is 0 Å². The van der Waals surface area contributed by atoms with Crippen LogP contribution >= 0.6 is 0 Å². The fraction of sp³-hybridized carbons (Fsp3) is 0.680. The molecule has 0 aromatic heterocycles. The van der Waals surface area contributed by atoms with Gasteiger partial charge in [-0.25, -0.2) is 0 Å². The average molecular weight is 410 g/mol. The van der Waals surface area contributed by atoms with Gasteiger partial charge < -0.3 is 15.1 Å². The van der Waals surface area contributed by atoms with Crippen LogP contribution in [0, 0.1) is 23.2 Å². The maximum atomic E-state index is 13.4. The topological polar surface area (TPSA) is 52.7 Å². The second kappa shape index (κ2) is 7.67. The quantitative estimate of drug-likeness (QED) is 0.831. The number of rotatable bonds is 4. The maximum Gasteiger partial charge on any atom is 0.245 e. The van der Waals surface area contributed by atoms with Crippen molar-refractivity contribution in [3.8, 4) is 0 Å². The van der Waals surface area contributed by atoms with E-state index in [0.29, 0.717) is 6.54 Å². The Hall–Kier alpha value is -1.88. The lowest BCUT2D eigenvalue weighted by Crippen LogP contribution is -2.58. The van der Waals surface area contributed by atoms with Gasteiger partial charge in [0.25, 0.3) is 0 Å². The maximum absolute atomic E-state index is 13.4. The Balaban J connectivity index is 1.29. The number of hydrogen-bond donors (Lipinski definition) is 1. The van der Waals surface area contributed by atoms with Crippen molar-refractivity contribution in [1.82, 2.24) is 15.1 Å². The molecule has 0 unspecified atom stereocenters. The summed E-state index contributed by atoms with van der Waals surface area (Å²) in [5, 5.41) is 3.17. The van der Waals surface area contributed by atoms with E-state index >= 15 is 0 Å². The molecule has 4 saturated carbocycles. The molecule has 1 aromatic carbocycles. The van der Waals surface area contributed by atoms with Gasteiger partial charge in [-0.05, 0) is 75.8 Å². The lowest BCUT2D eigenvalue weighted by Gasteiger charge is -2.55. The van der Waals surface area contributed by atoms with E-state index in [1.165, 1.54) is 19.3 Å². The lowest BCUT2D eigenvalue weighted by atomic mass is 9.49. The van der Waals surface area contributed by atoms with Crippen molar-refractivity contribution in [2.24, 2.45) is 23.2 Å². The summed E-state index contributed by atoms with van der Waals surface area (Å²) in [5.74, 6) is 2.39. The van der Waals surface area contributed by atoms with Gasteiger partial charge in [-0.1, -0.05) is 30.3 Å². The molecule has 1 N–H and O–H groups in total. The number of carbonyl (C=O) groups is 2. The van der Waals surface area contributed by atoms with E-state index in [4.69, 9.17) is 0 Å². The van der Waals surface area contributed by atoms with Gasteiger partial charge in [-0.3, -0.25) is 9.59 Å². The smallest absolute Gasteiger partial charge is 0.245 e. The molecule has 5 fully saturated rings. The molecule has 1 aliphatic heterocycles. The number of benzene rings is 1. The van der Waals surface area contributed by atoms with E-state index < -0.39 is 6.04 Å². The Morgan fingerprint density at radius 3 is 2.20 bits per heavy atom. The highest BCUT2D eigenvalue weighted by Gasteiger charge is 2.55. The molecule has 0 radical (unpaired) electrons. The van der Waals surface area contributed by atoms with E-state index in [1.54, 1.807) is 0 Å². The monoisotopic (exact) mass is 409 g/mol. The van der Waals surface area contributed by atoms with Gasteiger partial charge in [-0.15, -0.1) is 0 Å². The zero-order valence-corrected chi connectivity index (χ0v) is 18.3. The largest absolute Gasteiger partial charge is 0.344 e. The predicted octanol–water partition coefficient (Wildman–Crippen LogP) is 3.22. The van der Waals surface area contributed by atoms with Gasteiger partial charge in [0, 0.05) is 25.0 Å². The number of likely N-dealkylation sites (N-methyl/N-ethyl adjacent to an activating group) is 1. The molecule has 0 spiro atoms. The van der Waals surface area contributed by atoms with Crippen molar-refractivity contribution in [3.05, 3.63) is 35.9 Å². The van der Waals surface area contributed by atoms with Crippen LogP contribution in [-0.4, -0.2) is 54.3 Å². The lowest BCUT2D eigenvalue weighted by molar-refractivity contribution is -0.150. The fourth-order valence-corrected chi connectivity index (χ4v) is 7.19. The van der Waals surface area contributed by atoms with Crippen LogP contribution in [0.25, 0.3) is 0 Å². The van der Waals surface area contributed by atoms with Crippen LogP contribution in [0.4, 0.5) is 0 Å². The Morgan fingerprint density at radius 2 is 1.60 bits per heavy atom. The second-order valence-electron chi connectivity index (χ2n) is 10.6. The minimum Gasteiger partial charge on any atom is -0.344 e. The van der Waals surface area contributed by atoms with Crippen LogP contribution in [0.2, 0.25) is 0 Å². The summed E-state index contributed by atoms with van der Waals surface area (Å²) in [5.41, 5.74) is 0.960. The highest BCUT2D eigenvalue weighted by atomic mass is 16.2. The molecule has 30 heavy (non-hydrogen) atoms. The van der Waals surface area contributed by atoms with Gasteiger partial charge >= 0.3 is 0 Å². The molecular weight excluding hydrogens is 374 g/mol. The third-order valence-corrected chi connectivity index (χ3v) is 8.29. The van der Waals surface area contributed by atoms with E-state index in [1.807, 2.05) is 30.0 Å². The minimum absolute atomic E-state index is 0.0383. The average Bonchev–Trinajstić information content (AvgIpc) is 2.73. The molecule has 2 atom stereocenters. The zero-order chi connectivity index (χ0) is 20.9. The van der Waals surface area contributed by atoms with Crippen molar-refractivity contribution in [3.63, 3.8) is 0 Å². The molecule has 6 rings (SSSR count). The summed E-state index contributed by atoms with van der Waals surface area (Å²) in [6.45, 7) is 4.27. The molecule has 2 amide bonds. The van der Waals surface area contributed by atoms with Crippen molar-refractivity contribution in [2.45, 2.75) is 57.5 Å². The fourth-order valence-electron chi connectivity index (χ4n) is 7.19. The SMILES string of the molecule is C[C@H](NC(=O)C12CC3CC(CC(C3)C1)C2)C(=O)N1CCN(C)C[C@@H]1c1ccccc1. The number of nitrogens with one attached hydrogen (secondary N) is 1. The first-order chi connectivity index (χ1) is 14.4. The molecule has 5 nitrogen and oxygen atoms in total. The molecule has 1 saturated heterocycles. The van der Waals surface area contributed by atoms with Crippen molar-refractivity contribution >= 4 is 11.8 Å². The van der Waals surface area contributed by atoms with Crippen LogP contribution in [0.5, 0.6) is 0 Å². The highest BCUT2D eigenvalue weighted by molar-refractivity contribution is 5.90. The van der Waals surface area contributed by atoms with Gasteiger partial charge in [-0.2, -0.15) is 0 Å². The van der Waals surface area contributed by atoms with E-state index in [0.717, 1.165) is 55.7 Å². The molecule has 5 heteroatoms. The van der Waals surface area contributed by atoms with Crippen molar-refractivity contribution < 1.29 is 9.59 Å². The summed E-state index contributed by atoms with van der Waals surface area (Å²) in [7, 11) is 2.11. The first-order valence-electron chi connectivity index (χ1n) is 11.8. The van der Waals surface area contributed by atoms with Crippen LogP contribution in [0.1, 0.15) is 57.1 Å². The van der Waals surface area contributed by atoms with Gasteiger partial charge in [0.1, 0.15) is 6.04 Å². The summed E-state index contributed by atoms with van der Waals surface area (Å²) in [6.07, 6.45) is 7.07. The Bertz CT molecular complexity index is 773. The first kappa shape index (κ1) is 20.0. The molecule has 5 aliphatic rings. The predicted molar refractivity (Wildman–Crippen MR) is 117 cm³/mol. The second-order valence-corrected chi connectivity index (χ2v) is 10.6. The van der Waals surface area contributed by atoms with Gasteiger partial charge in [0.05, 0.1) is 6.04 Å². The van der Waals surface area contributed by atoms with E-state index in [9.17, 15) is 9.59 Å². The van der Waals surface area contributed by atoms with Crippen LogP contribution in [0.15, 0.2) is 30.3 Å². The Kier molecular flexibility index (Phi) is 5.12. The molecule has 1 heterocycles. The Morgan fingerprint density at radius 1 is 1.00 bits per heavy atom. The van der Waals surface area contributed by atoms with Crippen molar-refractivity contribution in [2.75, 3.05) is 26.7 Å². The molecule has 162 valence electrons. The van der Waals surface area contributed by atoms with Gasteiger partial charge in [0.2, 0.25) is 11.8 Å². The normalized spacial score (nSPS) is 36.5. The number of carbonyl (C=O) groups excluding carboxylic acids is 2. The highest BCUT2D eigenvalue weighted by Crippen LogP contribution is 2.60. The first-order valence-corrected chi connectivity index (χ1v) is 11.8.